The first-order chi connectivity index (χ1) is 23.6. The van der Waals surface area contributed by atoms with E-state index in [-0.39, 0.29) is 36.4 Å². The van der Waals surface area contributed by atoms with Gasteiger partial charge >= 0.3 is 34.9 Å². The molecule has 296 valence electrons. The number of rotatable bonds is 23. The third-order valence-corrected chi connectivity index (χ3v) is 12.8. The fourth-order valence-corrected chi connectivity index (χ4v) is 9.74. The predicted molar refractivity (Wildman–Crippen MR) is 194 cm³/mol. The van der Waals surface area contributed by atoms with E-state index in [1.54, 1.807) is 0 Å². The molecule has 0 saturated carbocycles. The van der Waals surface area contributed by atoms with Gasteiger partial charge in [0.05, 0.1) is 19.4 Å². The van der Waals surface area contributed by atoms with Gasteiger partial charge in [-0.05, 0) is 37.1 Å². The Bertz CT molecular complexity index is 1700. The van der Waals surface area contributed by atoms with Gasteiger partial charge in [-0.25, -0.2) is 18.2 Å². The van der Waals surface area contributed by atoms with Crippen molar-refractivity contribution in [2.24, 2.45) is 0 Å². The van der Waals surface area contributed by atoms with Gasteiger partial charge < -0.3 is 36.1 Å². The third-order valence-electron chi connectivity index (χ3n) is 7.46. The van der Waals surface area contributed by atoms with Crippen LogP contribution in [0.15, 0.2) is 52.2 Å². The Morgan fingerprint density at radius 2 is 1.46 bits per heavy atom. The Kier molecular flexibility index (Phi) is 20.6. The number of nitrogens with one attached hydrogen (secondary N) is 1. The molecule has 0 fully saturated rings. The number of H-pyrrole nitrogens is 1. The number of hydrogen-bond acceptors (Lipinski definition) is 14. The largest absolute Gasteiger partial charge is 0.488 e. The van der Waals surface area contributed by atoms with Crippen LogP contribution in [-0.2, 0) is 47.5 Å². The molecule has 9 N–H and O–H groups in total. The fourth-order valence-electron chi connectivity index (χ4n) is 4.93. The second-order valence-corrected chi connectivity index (χ2v) is 17.2. The topological polar surface area (TPSA) is 289 Å². The highest BCUT2D eigenvalue weighted by Gasteiger charge is 2.42. The van der Waals surface area contributed by atoms with Gasteiger partial charge in [0, 0.05) is 18.7 Å². The molecule has 5 atom stereocenters. The minimum atomic E-state index is -5.52. The average molecular weight is 799 g/mol. The van der Waals surface area contributed by atoms with Gasteiger partial charge in [-0.3, -0.25) is 28.2 Å². The number of carbonyl (C=O) groups is 1. The molecule has 0 bridgehead atoms. The molecule has 0 spiro atoms. The molecule has 3 unspecified atom stereocenters. The number of phosphoric acid groups is 2. The van der Waals surface area contributed by atoms with Gasteiger partial charge in [0.25, 0.3) is 5.56 Å². The maximum Gasteiger partial charge on any atom is 0.488 e. The molecular weight excluding hydrogens is 745 g/mol. The van der Waals surface area contributed by atoms with Crippen LogP contribution < -0.4 is 28.3 Å². The number of nitrogens with zero attached hydrogens (tertiary/aromatic N) is 1. The van der Waals surface area contributed by atoms with Crippen LogP contribution in [0.5, 0.6) is 5.75 Å². The highest BCUT2D eigenvalue weighted by Crippen LogP contribution is 2.69. The van der Waals surface area contributed by atoms with Crippen LogP contribution in [0.3, 0.4) is 0 Å². The maximum atomic E-state index is 13.7. The zero-order valence-electron chi connectivity index (χ0n) is 29.9. The van der Waals surface area contributed by atoms with Crippen LogP contribution in [-0.4, -0.2) is 44.2 Å². The molecule has 1 aliphatic rings. The molecule has 0 saturated heterocycles. The lowest BCUT2D eigenvalue weighted by atomic mass is 10.1. The van der Waals surface area contributed by atoms with Crippen LogP contribution in [0.1, 0.15) is 95.4 Å². The summed E-state index contributed by atoms with van der Waals surface area (Å²) in [4.78, 5) is 57.8. The Labute approximate surface area is 303 Å². The molecule has 2 heterocycles. The second-order valence-electron chi connectivity index (χ2n) is 11.9. The summed E-state index contributed by atoms with van der Waals surface area (Å²) in [7, 11) is -15.2. The zero-order chi connectivity index (χ0) is 36.8. The van der Waals surface area contributed by atoms with Gasteiger partial charge in [0.15, 0.2) is 6.23 Å². The van der Waals surface area contributed by atoms with E-state index in [0.29, 0.717) is 18.4 Å². The predicted octanol–water partition coefficient (Wildman–Crippen LogP) is 7.13. The van der Waals surface area contributed by atoms with Crippen LogP contribution in [0, 0.1) is 6.92 Å². The molecule has 1 aliphatic heterocycles. The zero-order valence-corrected chi connectivity index (χ0v) is 32.6. The van der Waals surface area contributed by atoms with Crippen molar-refractivity contribution in [1.29, 1.82) is 0 Å². The van der Waals surface area contributed by atoms with E-state index in [9.17, 15) is 37.9 Å². The highest BCUT2D eigenvalue weighted by molar-refractivity contribution is 7.68. The highest BCUT2D eigenvalue weighted by atomic mass is 31.3. The van der Waals surface area contributed by atoms with Crippen molar-refractivity contribution >= 4 is 29.2 Å². The number of esters is 1. The number of aryl methyl sites for hydroxylation is 1. The Balaban J connectivity index is 0.00000676. The Hall–Kier alpha value is -2.56. The Morgan fingerprint density at radius 3 is 2.06 bits per heavy atom. The number of hydrogen-bond donors (Lipinski definition) is 5. The number of benzene rings is 1. The van der Waals surface area contributed by atoms with E-state index < -0.39 is 59.4 Å². The molecule has 3 rings (SSSR count). The average Bonchev–Trinajstić information content (AvgIpc) is 3.50. The number of unbranched alkanes of at least 4 members (excludes halogenated alkanes) is 9. The molecule has 0 amide bonds. The van der Waals surface area contributed by atoms with E-state index in [4.69, 9.17) is 22.8 Å². The summed E-state index contributed by atoms with van der Waals surface area (Å²) in [5, 5.41) is 0. The standard InChI is InChI=1S/C31H47N2O14P3.2H3N/c1-4-5-6-7-8-9-10-11-12-13-20-48(37,42-22-26-14-16-27(17-15-26)44-25(3)34)46-50(40,41)47-49(38,39)43-23-28-18-19-29(45-28)33-21-24(2)30(35)32-31(33)36;;/h14-19,21,28-29H,4-13,20,22-23H2,1-3H3,(H,38,39)(H,40,41)(H,32,35,36);2*1H3/t28-,29+,48?;;/m0../s1. The number of aromatic amines is 1. The Morgan fingerprint density at radius 1 is 0.865 bits per heavy atom. The van der Waals surface area contributed by atoms with E-state index in [1.807, 2.05) is 0 Å². The molecular formula is C31H53N4O14P3. The lowest BCUT2D eigenvalue weighted by Gasteiger charge is -2.23. The summed E-state index contributed by atoms with van der Waals surface area (Å²) >= 11 is 0. The minimum absolute atomic E-state index is 0. The van der Waals surface area contributed by atoms with E-state index in [2.05, 4.69) is 16.2 Å². The van der Waals surface area contributed by atoms with Crippen LogP contribution in [0.4, 0.5) is 0 Å². The first-order valence-corrected chi connectivity index (χ1v) is 21.2. The smallest absolute Gasteiger partial charge is 0.427 e. The van der Waals surface area contributed by atoms with E-state index in [1.165, 1.54) is 82.1 Å². The van der Waals surface area contributed by atoms with E-state index >= 15 is 0 Å². The molecule has 21 heteroatoms. The molecule has 52 heavy (non-hydrogen) atoms. The first kappa shape index (κ1) is 47.5. The molecule has 2 aromatic rings. The summed E-state index contributed by atoms with van der Waals surface area (Å²) in [6.45, 7) is 3.94. The molecule has 18 nitrogen and oxygen atoms in total. The van der Waals surface area contributed by atoms with Crippen molar-refractivity contribution in [1.82, 2.24) is 21.9 Å². The number of carbonyl (C=O) groups excluding carboxylic acids is 1. The van der Waals surface area contributed by atoms with Gasteiger partial charge in [-0.2, -0.15) is 4.31 Å². The SMILES string of the molecule is CCCCCCCCCCCCP(=O)(OCc1ccc(OC(C)=O)cc1)OP(=O)(O)OP(=O)(O)OC[C@@H]1C=C[C@H](n2cc(C)c(=O)[nH]c2=O)O1.N.N. The van der Waals surface area contributed by atoms with Crippen molar-refractivity contribution in [2.45, 2.75) is 104 Å². The lowest BCUT2D eigenvalue weighted by molar-refractivity contribution is -0.131. The van der Waals surface area contributed by atoms with Crippen molar-refractivity contribution in [3.63, 3.8) is 0 Å². The van der Waals surface area contributed by atoms with Crippen LogP contribution in [0.2, 0.25) is 0 Å². The molecule has 0 aliphatic carbocycles. The van der Waals surface area contributed by atoms with Gasteiger partial charge in [0.1, 0.15) is 11.9 Å². The van der Waals surface area contributed by atoms with Crippen molar-refractivity contribution in [3.8, 4) is 5.75 Å². The normalized spacial score (nSPS) is 18.7. The van der Waals surface area contributed by atoms with Gasteiger partial charge in [-0.1, -0.05) is 82.9 Å². The minimum Gasteiger partial charge on any atom is -0.427 e. The van der Waals surface area contributed by atoms with Crippen LogP contribution >= 0.6 is 23.2 Å². The monoisotopic (exact) mass is 798 g/mol. The lowest BCUT2D eigenvalue weighted by Crippen LogP contribution is -2.33. The van der Waals surface area contributed by atoms with Gasteiger partial charge in [-0.15, -0.1) is 0 Å². The number of aromatic nitrogens is 2. The summed E-state index contributed by atoms with van der Waals surface area (Å²) in [6.07, 6.45) is 11.7. The number of ether oxygens (including phenoxy) is 2. The molecule has 1 aromatic heterocycles. The number of phosphoric ester groups is 1. The van der Waals surface area contributed by atoms with Crippen molar-refractivity contribution < 1.29 is 55.4 Å². The summed E-state index contributed by atoms with van der Waals surface area (Å²) in [6, 6.07) is 6.04. The molecule has 0 radical (unpaired) electrons. The van der Waals surface area contributed by atoms with Crippen molar-refractivity contribution in [2.75, 3.05) is 12.8 Å². The maximum absolute atomic E-state index is 13.7. The van der Waals surface area contributed by atoms with E-state index in [0.717, 1.165) is 30.3 Å². The van der Waals surface area contributed by atoms with Crippen LogP contribution in [0.25, 0.3) is 0 Å². The van der Waals surface area contributed by atoms with Crippen molar-refractivity contribution in [3.05, 3.63) is 74.6 Å². The third kappa shape index (κ3) is 17.1. The fraction of sp³-hybridized carbons (Fsp3) is 0.581. The second kappa shape index (κ2) is 22.6. The quantitative estimate of drug-likeness (QED) is 0.0245. The van der Waals surface area contributed by atoms with Gasteiger partial charge in [0.2, 0.25) is 0 Å². The molecule has 1 aromatic carbocycles. The summed E-state index contributed by atoms with van der Waals surface area (Å²) < 4.78 is 70.7. The first-order valence-electron chi connectivity index (χ1n) is 16.5. The summed E-state index contributed by atoms with van der Waals surface area (Å²) in [5.74, 6) is -0.242. The summed E-state index contributed by atoms with van der Waals surface area (Å²) in [5.41, 5.74) is -0.579.